The summed E-state index contributed by atoms with van der Waals surface area (Å²) < 4.78 is 10.8. The topological polar surface area (TPSA) is 72.2 Å². The lowest BCUT2D eigenvalue weighted by Crippen LogP contribution is -2.07. The van der Waals surface area contributed by atoms with Gasteiger partial charge in [0.25, 0.3) is 0 Å². The fourth-order valence-corrected chi connectivity index (χ4v) is 4.24. The van der Waals surface area contributed by atoms with Crippen LogP contribution in [0.4, 0.5) is 0 Å². The van der Waals surface area contributed by atoms with Crippen molar-refractivity contribution in [1.82, 2.24) is 4.98 Å². The molecule has 0 saturated carbocycles. The van der Waals surface area contributed by atoms with E-state index in [0.717, 1.165) is 16.8 Å². The number of nitriles is 1. The molecule has 0 bridgehead atoms. The molecule has 0 aliphatic heterocycles. The second-order valence-corrected chi connectivity index (χ2v) is 8.16. The largest absolute Gasteiger partial charge is 0.493 e. The Hall–Kier alpha value is -3.73. The van der Waals surface area contributed by atoms with Crippen LogP contribution in [0, 0.1) is 11.3 Å². The van der Waals surface area contributed by atoms with E-state index in [2.05, 4.69) is 11.1 Å². The molecular formula is C24H16N2O3S2. The summed E-state index contributed by atoms with van der Waals surface area (Å²) in [6, 6.07) is 20.7. The Bertz CT molecular complexity index is 1270. The second-order valence-electron chi connectivity index (χ2n) is 6.35. The number of aromatic nitrogens is 1. The summed E-state index contributed by atoms with van der Waals surface area (Å²) in [6.45, 7) is 0. The number of methoxy groups -OCH3 is 1. The summed E-state index contributed by atoms with van der Waals surface area (Å²) in [5.41, 5.74) is 3.01. The molecular weight excluding hydrogens is 428 g/mol. The van der Waals surface area contributed by atoms with E-state index in [0.29, 0.717) is 27.0 Å². The number of benzene rings is 2. The minimum absolute atomic E-state index is 0.317. The maximum absolute atomic E-state index is 12.2. The Morgan fingerprint density at radius 3 is 2.61 bits per heavy atom. The van der Waals surface area contributed by atoms with Crippen LogP contribution in [-0.2, 0) is 0 Å². The first-order valence-electron chi connectivity index (χ1n) is 9.25. The van der Waals surface area contributed by atoms with Crippen molar-refractivity contribution in [2.24, 2.45) is 0 Å². The number of thiazole rings is 1. The fourth-order valence-electron chi connectivity index (χ4n) is 2.85. The van der Waals surface area contributed by atoms with Crippen molar-refractivity contribution in [3.8, 4) is 28.8 Å². The molecule has 152 valence electrons. The van der Waals surface area contributed by atoms with E-state index in [9.17, 15) is 10.1 Å². The van der Waals surface area contributed by atoms with Crippen LogP contribution in [0.3, 0.4) is 0 Å². The molecule has 2 aromatic carbocycles. The summed E-state index contributed by atoms with van der Waals surface area (Å²) >= 11 is 2.72. The van der Waals surface area contributed by atoms with Crippen molar-refractivity contribution in [2.75, 3.05) is 7.11 Å². The Morgan fingerprint density at radius 2 is 1.90 bits per heavy atom. The molecule has 0 atom stereocenters. The van der Waals surface area contributed by atoms with Crippen LogP contribution in [0.25, 0.3) is 22.9 Å². The molecule has 31 heavy (non-hydrogen) atoms. The first-order valence-corrected chi connectivity index (χ1v) is 11.0. The zero-order chi connectivity index (χ0) is 21.6. The van der Waals surface area contributed by atoms with E-state index >= 15 is 0 Å². The van der Waals surface area contributed by atoms with E-state index in [4.69, 9.17) is 9.47 Å². The highest BCUT2D eigenvalue weighted by Gasteiger charge is 2.14. The molecule has 0 radical (unpaired) electrons. The minimum Gasteiger partial charge on any atom is -0.493 e. The summed E-state index contributed by atoms with van der Waals surface area (Å²) in [7, 11) is 1.50. The predicted octanol–water partition coefficient (Wildman–Crippen LogP) is 6.16. The van der Waals surface area contributed by atoms with Gasteiger partial charge in [0.15, 0.2) is 11.5 Å². The monoisotopic (exact) mass is 444 g/mol. The third-order valence-electron chi connectivity index (χ3n) is 4.35. The van der Waals surface area contributed by atoms with Crippen molar-refractivity contribution in [1.29, 1.82) is 5.26 Å². The number of ether oxygens (including phenoxy) is 2. The first-order chi connectivity index (χ1) is 15.2. The molecule has 0 N–H and O–H groups in total. The number of hydrogen-bond acceptors (Lipinski definition) is 7. The van der Waals surface area contributed by atoms with Gasteiger partial charge in [-0.2, -0.15) is 5.26 Å². The number of carbonyl (C=O) groups is 1. The van der Waals surface area contributed by atoms with Gasteiger partial charge < -0.3 is 9.47 Å². The molecule has 0 fully saturated rings. The lowest BCUT2D eigenvalue weighted by atomic mass is 10.1. The van der Waals surface area contributed by atoms with E-state index in [1.165, 1.54) is 29.8 Å². The normalized spacial score (nSPS) is 11.0. The molecule has 0 aliphatic rings. The Kier molecular flexibility index (Phi) is 6.22. The quantitative estimate of drug-likeness (QED) is 0.202. The van der Waals surface area contributed by atoms with E-state index in [1.807, 2.05) is 41.1 Å². The number of allylic oxidation sites excluding steroid dienone is 1. The van der Waals surface area contributed by atoms with E-state index < -0.39 is 5.97 Å². The number of carbonyl (C=O) groups excluding carboxylic acids is 1. The van der Waals surface area contributed by atoms with E-state index in [-0.39, 0.29) is 0 Å². The average molecular weight is 445 g/mol. The molecule has 0 saturated heterocycles. The molecule has 0 spiro atoms. The zero-order valence-corrected chi connectivity index (χ0v) is 18.1. The van der Waals surface area contributed by atoms with Crippen LogP contribution in [0.5, 0.6) is 11.5 Å². The maximum Gasteiger partial charge on any atom is 0.353 e. The fraction of sp³-hybridized carbons (Fsp3) is 0.0417. The number of esters is 1. The van der Waals surface area contributed by atoms with Gasteiger partial charge in [-0.1, -0.05) is 42.5 Å². The standard InChI is InChI=1S/C24H16N2O3S2/c1-28-21-13-16(9-10-20(21)29-24(27)22-8-5-11-30-22)12-18(14-25)23-26-19(15-31-23)17-6-3-2-4-7-17/h2-13,15H,1H3/b18-12+. The molecule has 0 unspecified atom stereocenters. The van der Waals surface area contributed by atoms with Gasteiger partial charge in [0.05, 0.1) is 18.4 Å². The lowest BCUT2D eigenvalue weighted by molar-refractivity contribution is 0.0735. The second kappa shape index (κ2) is 9.39. The summed E-state index contributed by atoms with van der Waals surface area (Å²) in [5, 5.41) is 14.1. The van der Waals surface area contributed by atoms with Gasteiger partial charge in [0, 0.05) is 10.9 Å². The summed E-state index contributed by atoms with van der Waals surface area (Å²) in [4.78, 5) is 17.3. The number of thiophene rings is 1. The van der Waals surface area contributed by atoms with Crippen LogP contribution in [-0.4, -0.2) is 18.1 Å². The van der Waals surface area contributed by atoms with Crippen LogP contribution in [0.2, 0.25) is 0 Å². The summed E-state index contributed by atoms with van der Waals surface area (Å²) in [6.07, 6.45) is 1.74. The zero-order valence-electron chi connectivity index (χ0n) is 16.4. The lowest BCUT2D eigenvalue weighted by Gasteiger charge is -2.09. The van der Waals surface area contributed by atoms with Crippen LogP contribution < -0.4 is 9.47 Å². The Morgan fingerprint density at radius 1 is 1.06 bits per heavy atom. The third-order valence-corrected chi connectivity index (χ3v) is 6.07. The van der Waals surface area contributed by atoms with Gasteiger partial charge in [-0.25, -0.2) is 9.78 Å². The maximum atomic E-state index is 12.2. The number of hydrogen-bond donors (Lipinski definition) is 0. The van der Waals surface area contributed by atoms with Crippen molar-refractivity contribution in [3.05, 3.63) is 86.9 Å². The molecule has 2 aromatic heterocycles. The highest BCUT2D eigenvalue weighted by molar-refractivity contribution is 7.12. The van der Waals surface area contributed by atoms with Crippen LogP contribution in [0.15, 0.2) is 71.4 Å². The third kappa shape index (κ3) is 4.72. The molecule has 4 aromatic rings. The van der Waals surface area contributed by atoms with Gasteiger partial charge >= 0.3 is 5.97 Å². The van der Waals surface area contributed by atoms with Gasteiger partial charge in [-0.05, 0) is 35.2 Å². The molecule has 4 rings (SSSR count). The van der Waals surface area contributed by atoms with Crippen LogP contribution in [0.1, 0.15) is 20.2 Å². The summed E-state index contributed by atoms with van der Waals surface area (Å²) in [5.74, 6) is 0.280. The molecule has 0 amide bonds. The van der Waals surface area contributed by atoms with Crippen molar-refractivity contribution >= 4 is 40.3 Å². The molecule has 7 heteroatoms. The average Bonchev–Trinajstić information content (AvgIpc) is 3.51. The highest BCUT2D eigenvalue weighted by atomic mass is 32.1. The number of rotatable bonds is 6. The Labute approximate surface area is 187 Å². The molecule has 5 nitrogen and oxygen atoms in total. The van der Waals surface area contributed by atoms with E-state index in [1.54, 1.807) is 36.4 Å². The SMILES string of the molecule is COc1cc(/C=C(\C#N)c2nc(-c3ccccc3)cs2)ccc1OC(=O)c1cccs1. The number of nitrogens with zero attached hydrogens (tertiary/aromatic N) is 2. The Balaban J connectivity index is 1.59. The van der Waals surface area contributed by atoms with Crippen molar-refractivity contribution < 1.29 is 14.3 Å². The predicted molar refractivity (Wildman–Crippen MR) is 123 cm³/mol. The minimum atomic E-state index is -0.439. The van der Waals surface area contributed by atoms with Gasteiger partial charge in [0.2, 0.25) is 0 Å². The van der Waals surface area contributed by atoms with Crippen LogP contribution >= 0.6 is 22.7 Å². The van der Waals surface area contributed by atoms with Gasteiger partial charge in [-0.3, -0.25) is 0 Å². The van der Waals surface area contributed by atoms with Gasteiger partial charge in [0.1, 0.15) is 16.0 Å². The highest BCUT2D eigenvalue weighted by Crippen LogP contribution is 2.32. The van der Waals surface area contributed by atoms with Crippen molar-refractivity contribution in [2.45, 2.75) is 0 Å². The molecule has 2 heterocycles. The van der Waals surface area contributed by atoms with Gasteiger partial charge in [-0.15, -0.1) is 22.7 Å². The molecule has 0 aliphatic carbocycles. The van der Waals surface area contributed by atoms with Crippen molar-refractivity contribution in [3.63, 3.8) is 0 Å². The smallest absolute Gasteiger partial charge is 0.353 e. The first kappa shape index (κ1) is 20.5.